The standard InChI is InChI=1S/C38H76N2O2.C18H36O2/c39-37(41)35-33-31-29-27-25-23-21-19-17-15-13-11-9-7-5-3-1-2-4-6-8-10-12-14-16-18-20-22-24-26-28-30-32-34-36-38(40)42;1-2-3-4-5-6-7-8-9-10-11-12-13-14-15-16-17-18(19)20/h1-36H2,(H2,39,41)(H2,40,42);2-17H2,1H3,(H,19,20). The molecule has 0 rings (SSSR count). The highest BCUT2D eigenvalue weighted by Crippen LogP contribution is 2.18. The summed E-state index contributed by atoms with van der Waals surface area (Å²) in [7, 11) is 0. The molecule has 0 spiro atoms. The first-order chi connectivity index (χ1) is 30.4. The van der Waals surface area contributed by atoms with E-state index in [0.29, 0.717) is 19.3 Å². The molecule has 2 amide bonds. The maximum Gasteiger partial charge on any atom is 0.303 e. The fourth-order valence-electron chi connectivity index (χ4n) is 8.90. The van der Waals surface area contributed by atoms with E-state index in [1.54, 1.807) is 0 Å². The fraction of sp³-hybridized carbons (Fsp3) is 0.946. The first-order valence-electron chi connectivity index (χ1n) is 28.2. The molecular weight excluding hydrogens is 765 g/mol. The molecule has 0 atom stereocenters. The van der Waals surface area contributed by atoms with Crippen molar-refractivity contribution in [1.82, 2.24) is 0 Å². The predicted octanol–water partition coefficient (Wildman–Crippen LogP) is 18.3. The zero-order chi connectivity index (χ0) is 45.5. The molecule has 0 radical (unpaired) electrons. The molecule has 0 aromatic rings. The SMILES string of the molecule is CCCCCCCCCCCCCCCCCC(=O)O.NC(=O)CCCCCCCCCCCCCCCCCCCCCCCCCCCCCCCCCCCCC(N)=O. The van der Waals surface area contributed by atoms with Gasteiger partial charge in [0.05, 0.1) is 0 Å². The van der Waals surface area contributed by atoms with E-state index in [-0.39, 0.29) is 11.8 Å². The number of aliphatic carboxylic acids is 1. The van der Waals surface area contributed by atoms with Crippen LogP contribution in [0.15, 0.2) is 0 Å². The number of carboxylic acid groups (broad SMARTS) is 1. The third-order valence-corrected chi connectivity index (χ3v) is 13.1. The molecule has 370 valence electrons. The lowest BCUT2D eigenvalue weighted by atomic mass is 10.0. The number of hydrogen-bond acceptors (Lipinski definition) is 3. The van der Waals surface area contributed by atoms with Gasteiger partial charge in [0.25, 0.3) is 0 Å². The molecule has 0 aliphatic heterocycles. The van der Waals surface area contributed by atoms with Gasteiger partial charge in [-0.3, -0.25) is 14.4 Å². The zero-order valence-corrected chi connectivity index (χ0v) is 42.1. The van der Waals surface area contributed by atoms with Crippen LogP contribution in [0.3, 0.4) is 0 Å². The van der Waals surface area contributed by atoms with Gasteiger partial charge < -0.3 is 16.6 Å². The van der Waals surface area contributed by atoms with Crippen LogP contribution in [0.2, 0.25) is 0 Å². The van der Waals surface area contributed by atoms with Gasteiger partial charge in [-0.1, -0.05) is 302 Å². The van der Waals surface area contributed by atoms with Crippen LogP contribution < -0.4 is 11.5 Å². The normalized spacial score (nSPS) is 11.2. The average molecular weight is 878 g/mol. The Labute approximate surface area is 388 Å². The molecule has 0 unspecified atom stereocenters. The number of carbonyl (C=O) groups is 3. The third-order valence-electron chi connectivity index (χ3n) is 13.1. The maximum absolute atomic E-state index is 10.7. The van der Waals surface area contributed by atoms with E-state index in [9.17, 15) is 14.4 Å². The van der Waals surface area contributed by atoms with Gasteiger partial charge in [-0.2, -0.15) is 0 Å². The van der Waals surface area contributed by atoms with Crippen LogP contribution in [0.1, 0.15) is 341 Å². The Morgan fingerprint density at radius 1 is 0.242 bits per heavy atom. The number of primary amides is 2. The maximum atomic E-state index is 10.7. The van der Waals surface area contributed by atoms with E-state index in [0.717, 1.165) is 38.5 Å². The van der Waals surface area contributed by atoms with Crippen molar-refractivity contribution in [2.75, 3.05) is 0 Å². The van der Waals surface area contributed by atoms with Crippen molar-refractivity contribution in [2.45, 2.75) is 341 Å². The number of nitrogens with two attached hydrogens (primary N) is 2. The molecule has 6 heteroatoms. The molecule has 0 saturated carbocycles. The number of hydrogen-bond donors (Lipinski definition) is 3. The summed E-state index contributed by atoms with van der Waals surface area (Å²) in [4.78, 5) is 31.7. The van der Waals surface area contributed by atoms with Crippen LogP contribution in [-0.4, -0.2) is 22.9 Å². The van der Waals surface area contributed by atoms with Gasteiger partial charge in [-0.25, -0.2) is 0 Å². The number of carboxylic acids is 1. The van der Waals surface area contributed by atoms with Crippen LogP contribution in [0.5, 0.6) is 0 Å². The molecule has 0 aliphatic rings. The quantitative estimate of drug-likeness (QED) is 0.0527. The minimum Gasteiger partial charge on any atom is -0.481 e. The van der Waals surface area contributed by atoms with Crippen LogP contribution in [-0.2, 0) is 14.4 Å². The fourth-order valence-corrected chi connectivity index (χ4v) is 8.90. The molecule has 62 heavy (non-hydrogen) atoms. The van der Waals surface area contributed by atoms with Crippen molar-refractivity contribution in [3.05, 3.63) is 0 Å². The predicted molar refractivity (Wildman–Crippen MR) is 272 cm³/mol. The van der Waals surface area contributed by atoms with Crippen LogP contribution in [0.25, 0.3) is 0 Å². The van der Waals surface area contributed by atoms with Crippen LogP contribution >= 0.6 is 0 Å². The zero-order valence-electron chi connectivity index (χ0n) is 42.1. The second kappa shape index (κ2) is 57.4. The molecule has 6 nitrogen and oxygen atoms in total. The average Bonchev–Trinajstić information content (AvgIpc) is 3.24. The van der Waals surface area contributed by atoms with Crippen LogP contribution in [0, 0.1) is 0 Å². The van der Waals surface area contributed by atoms with Crippen molar-refractivity contribution in [2.24, 2.45) is 11.5 Å². The summed E-state index contributed by atoms with van der Waals surface area (Å²) in [6.07, 6.45) is 68.1. The Balaban J connectivity index is 0. The van der Waals surface area contributed by atoms with E-state index >= 15 is 0 Å². The number of rotatable bonds is 53. The summed E-state index contributed by atoms with van der Waals surface area (Å²) in [5, 5.41) is 8.52. The van der Waals surface area contributed by atoms with Gasteiger partial charge in [-0.05, 0) is 19.3 Å². The number of unbranched alkanes of at least 4 members (excludes halogenated alkanes) is 47. The molecule has 0 aromatic carbocycles. The topological polar surface area (TPSA) is 123 Å². The van der Waals surface area contributed by atoms with E-state index in [1.165, 1.54) is 276 Å². The summed E-state index contributed by atoms with van der Waals surface area (Å²) >= 11 is 0. The number of carbonyl (C=O) groups excluding carboxylic acids is 2. The van der Waals surface area contributed by atoms with Gasteiger partial charge >= 0.3 is 5.97 Å². The Hall–Kier alpha value is -1.59. The highest BCUT2D eigenvalue weighted by atomic mass is 16.4. The van der Waals surface area contributed by atoms with Gasteiger partial charge in [0.15, 0.2) is 0 Å². The minimum atomic E-state index is -0.653. The molecule has 0 aromatic heterocycles. The molecule has 0 fully saturated rings. The lowest BCUT2D eigenvalue weighted by molar-refractivity contribution is -0.137. The molecule has 0 bridgehead atoms. The van der Waals surface area contributed by atoms with Crippen molar-refractivity contribution in [3.63, 3.8) is 0 Å². The highest BCUT2D eigenvalue weighted by molar-refractivity contribution is 5.73. The third kappa shape index (κ3) is 65.0. The van der Waals surface area contributed by atoms with Crippen molar-refractivity contribution >= 4 is 17.8 Å². The second-order valence-electron chi connectivity index (χ2n) is 19.5. The lowest BCUT2D eigenvalue weighted by Crippen LogP contribution is -2.09. The Kier molecular flexibility index (Phi) is 57.9. The van der Waals surface area contributed by atoms with E-state index < -0.39 is 5.97 Å². The van der Waals surface area contributed by atoms with Crippen LogP contribution in [0.4, 0.5) is 0 Å². The molecule has 0 saturated heterocycles. The summed E-state index contributed by atoms with van der Waals surface area (Å²) < 4.78 is 0. The molecule has 0 aliphatic carbocycles. The summed E-state index contributed by atoms with van der Waals surface area (Å²) in [6, 6.07) is 0. The Bertz CT molecular complexity index is 832. The van der Waals surface area contributed by atoms with E-state index in [1.807, 2.05) is 0 Å². The minimum absolute atomic E-state index is 0.152. The first kappa shape index (κ1) is 62.5. The first-order valence-corrected chi connectivity index (χ1v) is 28.2. The van der Waals surface area contributed by atoms with Crippen molar-refractivity contribution in [1.29, 1.82) is 0 Å². The monoisotopic (exact) mass is 877 g/mol. The lowest BCUT2D eigenvalue weighted by Gasteiger charge is -2.05. The second-order valence-corrected chi connectivity index (χ2v) is 19.5. The smallest absolute Gasteiger partial charge is 0.303 e. The summed E-state index contributed by atoms with van der Waals surface area (Å²) in [5.41, 5.74) is 10.3. The molecule has 5 N–H and O–H groups in total. The number of amides is 2. The largest absolute Gasteiger partial charge is 0.481 e. The van der Waals surface area contributed by atoms with Crippen molar-refractivity contribution in [3.8, 4) is 0 Å². The Morgan fingerprint density at radius 2 is 0.371 bits per heavy atom. The van der Waals surface area contributed by atoms with Gasteiger partial charge in [-0.15, -0.1) is 0 Å². The molecule has 0 heterocycles. The van der Waals surface area contributed by atoms with Gasteiger partial charge in [0.2, 0.25) is 11.8 Å². The van der Waals surface area contributed by atoms with E-state index in [4.69, 9.17) is 16.6 Å². The van der Waals surface area contributed by atoms with E-state index in [2.05, 4.69) is 6.92 Å². The molecular formula is C56H112N2O4. The van der Waals surface area contributed by atoms with Crippen molar-refractivity contribution < 1.29 is 19.5 Å². The summed E-state index contributed by atoms with van der Waals surface area (Å²) in [6.45, 7) is 2.27. The van der Waals surface area contributed by atoms with Gasteiger partial charge in [0.1, 0.15) is 0 Å². The Morgan fingerprint density at radius 3 is 0.500 bits per heavy atom. The summed E-state index contributed by atoms with van der Waals surface area (Å²) in [5.74, 6) is -0.957. The highest BCUT2D eigenvalue weighted by Gasteiger charge is 2.00. The van der Waals surface area contributed by atoms with Gasteiger partial charge in [0, 0.05) is 19.3 Å².